The summed E-state index contributed by atoms with van der Waals surface area (Å²) in [4.78, 5) is 63.8. The van der Waals surface area contributed by atoms with Gasteiger partial charge in [-0.15, -0.1) is 0 Å². The molecule has 162 valence electrons. The van der Waals surface area contributed by atoms with Crippen molar-refractivity contribution in [2.75, 3.05) is 18.0 Å². The van der Waals surface area contributed by atoms with Crippen molar-refractivity contribution in [1.29, 1.82) is 0 Å². The minimum Gasteiger partial charge on any atom is -0.369 e. The fourth-order valence-electron chi connectivity index (χ4n) is 5.37. The molecule has 0 aromatic heterocycles. The lowest BCUT2D eigenvalue weighted by molar-refractivity contribution is -0.136. The average molecular weight is 427 g/mol. The van der Waals surface area contributed by atoms with Gasteiger partial charge in [-0.05, 0) is 43.2 Å². The van der Waals surface area contributed by atoms with E-state index in [1.54, 1.807) is 0 Å². The Morgan fingerprint density at radius 3 is 2.23 bits per heavy atom. The molecule has 0 bridgehead atoms. The summed E-state index contributed by atoms with van der Waals surface area (Å²) in [6, 6.07) is 1.39. The van der Waals surface area contributed by atoms with Gasteiger partial charge in [-0.1, -0.05) is 0 Å². The molecule has 3 fully saturated rings. The highest BCUT2D eigenvalue weighted by atomic mass is 19.1. The van der Waals surface area contributed by atoms with Crippen LogP contribution in [0.1, 0.15) is 65.7 Å². The van der Waals surface area contributed by atoms with Crippen LogP contribution in [0.5, 0.6) is 0 Å². The number of anilines is 1. The van der Waals surface area contributed by atoms with E-state index in [9.17, 15) is 28.4 Å². The van der Waals surface area contributed by atoms with Gasteiger partial charge in [0.05, 0.1) is 16.8 Å². The first kappa shape index (κ1) is 19.8. The van der Waals surface area contributed by atoms with E-state index < -0.39 is 35.5 Å². The number of rotatable bonds is 2. The zero-order valence-corrected chi connectivity index (χ0v) is 16.9. The Morgan fingerprint density at radius 1 is 0.935 bits per heavy atom. The lowest BCUT2D eigenvalue weighted by atomic mass is 9.77. The lowest BCUT2D eigenvalue weighted by Crippen LogP contribution is -2.54. The Morgan fingerprint density at radius 2 is 1.61 bits per heavy atom. The third kappa shape index (κ3) is 3.14. The van der Waals surface area contributed by atoms with Crippen molar-refractivity contribution >= 4 is 35.1 Å². The second kappa shape index (κ2) is 6.96. The van der Waals surface area contributed by atoms with Gasteiger partial charge in [0.15, 0.2) is 0 Å². The summed E-state index contributed by atoms with van der Waals surface area (Å²) in [6.45, 7) is 1.14. The number of nitrogens with zero attached hydrogens (tertiary/aromatic N) is 2. The number of carbonyl (C=O) groups is 5. The standard InChI is InChI=1S/C22H22FN3O5/c23-15-9-13-14(21(31)26(20(13)30)16-1-2-18(28)24-19(16)29)10-17(15)25-7-5-22(6-8-25)4-3-12(27)11-22/h9-10,16H,1-8,11H2,(H,24,28,29). The average Bonchev–Trinajstić information content (AvgIpc) is 3.20. The number of halogens is 1. The molecule has 1 aromatic carbocycles. The maximum absolute atomic E-state index is 15.0. The molecule has 1 aromatic rings. The summed E-state index contributed by atoms with van der Waals surface area (Å²) < 4.78 is 15.0. The summed E-state index contributed by atoms with van der Waals surface area (Å²) >= 11 is 0. The molecular weight excluding hydrogens is 405 g/mol. The molecular formula is C22H22FN3O5. The second-order valence-corrected chi connectivity index (χ2v) is 9.00. The molecule has 2 saturated heterocycles. The van der Waals surface area contributed by atoms with Crippen molar-refractivity contribution in [3.05, 3.63) is 29.1 Å². The summed E-state index contributed by atoms with van der Waals surface area (Å²) in [5, 5.41) is 2.15. The highest BCUT2D eigenvalue weighted by Gasteiger charge is 2.46. The Labute approximate surface area is 177 Å². The molecule has 4 aliphatic rings. The molecule has 1 aliphatic carbocycles. The molecule has 31 heavy (non-hydrogen) atoms. The van der Waals surface area contributed by atoms with E-state index in [1.807, 2.05) is 4.90 Å². The van der Waals surface area contributed by atoms with E-state index in [1.165, 1.54) is 6.07 Å². The van der Waals surface area contributed by atoms with Gasteiger partial charge >= 0.3 is 0 Å². The number of hydrogen-bond acceptors (Lipinski definition) is 6. The Hall–Kier alpha value is -3.10. The zero-order chi connectivity index (χ0) is 21.9. The number of nitrogens with one attached hydrogen (secondary N) is 1. The van der Waals surface area contributed by atoms with E-state index in [0.29, 0.717) is 25.9 Å². The maximum Gasteiger partial charge on any atom is 0.262 e. The lowest BCUT2D eigenvalue weighted by Gasteiger charge is -2.40. The van der Waals surface area contributed by atoms with Crippen LogP contribution in [0.4, 0.5) is 10.1 Å². The van der Waals surface area contributed by atoms with Crippen molar-refractivity contribution in [1.82, 2.24) is 10.2 Å². The number of imide groups is 2. The number of Topliss-reactive ketones (excluding diaryl/α,β-unsaturated/α-hetero) is 1. The third-order valence-electron chi connectivity index (χ3n) is 7.18. The van der Waals surface area contributed by atoms with Gasteiger partial charge in [0.2, 0.25) is 11.8 Å². The first-order valence-electron chi connectivity index (χ1n) is 10.6. The Kier molecular flexibility index (Phi) is 4.46. The molecule has 0 radical (unpaired) electrons. The molecule has 1 N–H and O–H groups in total. The first-order chi connectivity index (χ1) is 14.8. The summed E-state index contributed by atoms with van der Waals surface area (Å²) in [5.41, 5.74) is 0.271. The van der Waals surface area contributed by atoms with Crippen molar-refractivity contribution in [3.63, 3.8) is 0 Å². The minimum atomic E-state index is -1.08. The number of benzene rings is 1. The number of hydrogen-bond donors (Lipinski definition) is 1. The predicted octanol–water partition coefficient (Wildman–Crippen LogP) is 1.57. The fourth-order valence-corrected chi connectivity index (χ4v) is 5.37. The normalized spacial score (nSPS) is 25.5. The quantitative estimate of drug-likeness (QED) is 0.719. The summed E-state index contributed by atoms with van der Waals surface area (Å²) in [7, 11) is 0. The molecule has 1 unspecified atom stereocenters. The van der Waals surface area contributed by atoms with Crippen LogP contribution in [-0.2, 0) is 14.4 Å². The van der Waals surface area contributed by atoms with Crippen LogP contribution < -0.4 is 10.2 Å². The monoisotopic (exact) mass is 427 g/mol. The first-order valence-corrected chi connectivity index (χ1v) is 10.6. The Balaban J connectivity index is 1.39. The molecule has 3 heterocycles. The van der Waals surface area contributed by atoms with Crippen molar-refractivity contribution in [2.45, 2.75) is 51.0 Å². The van der Waals surface area contributed by atoms with Gasteiger partial charge in [-0.3, -0.25) is 34.2 Å². The maximum atomic E-state index is 15.0. The van der Waals surface area contributed by atoms with E-state index >= 15 is 0 Å². The van der Waals surface area contributed by atoms with Crippen LogP contribution in [0.15, 0.2) is 12.1 Å². The largest absolute Gasteiger partial charge is 0.369 e. The number of carbonyl (C=O) groups excluding carboxylic acids is 5. The van der Waals surface area contributed by atoms with Crippen LogP contribution in [0, 0.1) is 11.2 Å². The number of ketones is 1. The van der Waals surface area contributed by atoms with Crippen LogP contribution >= 0.6 is 0 Å². The number of fused-ring (bicyclic) bond motifs is 1. The highest BCUT2D eigenvalue weighted by molar-refractivity contribution is 6.23. The highest BCUT2D eigenvalue weighted by Crippen LogP contribution is 2.45. The minimum absolute atomic E-state index is 0.00908. The van der Waals surface area contributed by atoms with Gasteiger partial charge in [-0.2, -0.15) is 0 Å². The molecule has 5 rings (SSSR count). The Bertz CT molecular complexity index is 1040. The molecule has 1 saturated carbocycles. The van der Waals surface area contributed by atoms with E-state index in [-0.39, 0.29) is 40.9 Å². The van der Waals surface area contributed by atoms with Crippen molar-refractivity contribution < 1.29 is 28.4 Å². The van der Waals surface area contributed by atoms with Crippen LogP contribution in [0.2, 0.25) is 0 Å². The van der Waals surface area contributed by atoms with Crippen molar-refractivity contribution in [2.24, 2.45) is 5.41 Å². The number of piperidine rings is 2. The predicted molar refractivity (Wildman–Crippen MR) is 106 cm³/mol. The second-order valence-electron chi connectivity index (χ2n) is 9.00. The molecule has 9 heteroatoms. The van der Waals surface area contributed by atoms with E-state index in [2.05, 4.69) is 5.32 Å². The molecule has 1 spiro atoms. The van der Waals surface area contributed by atoms with Crippen LogP contribution in [0.25, 0.3) is 0 Å². The molecule has 3 aliphatic heterocycles. The van der Waals surface area contributed by atoms with E-state index in [0.717, 1.165) is 30.2 Å². The van der Waals surface area contributed by atoms with Gasteiger partial charge in [0.25, 0.3) is 11.8 Å². The molecule has 1 atom stereocenters. The summed E-state index contributed by atoms with van der Waals surface area (Å²) in [6.07, 6.45) is 3.72. The fraction of sp³-hybridized carbons (Fsp3) is 0.500. The molecule has 8 nitrogen and oxygen atoms in total. The van der Waals surface area contributed by atoms with Crippen LogP contribution in [0.3, 0.4) is 0 Å². The van der Waals surface area contributed by atoms with Gasteiger partial charge in [0.1, 0.15) is 17.6 Å². The van der Waals surface area contributed by atoms with Gasteiger partial charge in [0, 0.05) is 32.4 Å². The third-order valence-corrected chi connectivity index (χ3v) is 7.18. The van der Waals surface area contributed by atoms with Gasteiger partial charge < -0.3 is 4.90 Å². The van der Waals surface area contributed by atoms with Gasteiger partial charge in [-0.25, -0.2) is 4.39 Å². The van der Waals surface area contributed by atoms with Crippen molar-refractivity contribution in [3.8, 4) is 0 Å². The topological polar surface area (TPSA) is 104 Å². The zero-order valence-electron chi connectivity index (χ0n) is 16.9. The van der Waals surface area contributed by atoms with E-state index in [4.69, 9.17) is 0 Å². The smallest absolute Gasteiger partial charge is 0.262 e. The molecule has 4 amide bonds. The number of amides is 4. The SMILES string of the molecule is O=C1CCC2(CCN(c3cc4c(cc3F)C(=O)N(C3CCC(=O)NC3=O)C4=O)CC2)C1. The van der Waals surface area contributed by atoms with Crippen LogP contribution in [-0.4, -0.2) is 53.4 Å². The summed E-state index contributed by atoms with van der Waals surface area (Å²) in [5.74, 6) is -2.82.